The summed E-state index contributed by atoms with van der Waals surface area (Å²) in [6.45, 7) is -0.554. The first-order valence-corrected chi connectivity index (χ1v) is 12.6. The van der Waals surface area contributed by atoms with E-state index in [2.05, 4.69) is 10.5 Å². The number of carbonyl (C=O) groups excluding carboxylic acids is 1. The maximum absolute atomic E-state index is 13.5. The second-order valence-corrected chi connectivity index (χ2v) is 9.72. The predicted octanol–water partition coefficient (Wildman–Crippen LogP) is 3.72. The number of ether oxygens (including phenoxy) is 4. The molecule has 37 heavy (non-hydrogen) atoms. The zero-order valence-corrected chi connectivity index (χ0v) is 22.2. The van der Waals surface area contributed by atoms with E-state index in [-0.39, 0.29) is 10.6 Å². The maximum atomic E-state index is 13.5. The summed E-state index contributed by atoms with van der Waals surface area (Å²) in [6, 6.07) is 15.3. The van der Waals surface area contributed by atoms with Gasteiger partial charge in [-0.3, -0.25) is 9.10 Å². The van der Waals surface area contributed by atoms with Gasteiger partial charge in [-0.15, -0.1) is 0 Å². The molecule has 0 atom stereocenters. The molecule has 10 nitrogen and oxygen atoms in total. The zero-order chi connectivity index (χ0) is 27.0. The lowest BCUT2D eigenvalue weighted by Crippen LogP contribution is -2.39. The van der Waals surface area contributed by atoms with Crippen molar-refractivity contribution in [3.63, 3.8) is 0 Å². The van der Waals surface area contributed by atoms with Gasteiger partial charge in [0.2, 0.25) is 5.75 Å². The average Bonchev–Trinajstić information content (AvgIpc) is 2.90. The van der Waals surface area contributed by atoms with Crippen molar-refractivity contribution < 1.29 is 32.2 Å². The Morgan fingerprint density at radius 3 is 2.14 bits per heavy atom. The van der Waals surface area contributed by atoms with Crippen LogP contribution in [0, 0.1) is 0 Å². The van der Waals surface area contributed by atoms with Gasteiger partial charge in [0.25, 0.3) is 15.9 Å². The molecule has 3 aromatic rings. The summed E-state index contributed by atoms with van der Waals surface area (Å²) in [5.74, 6) is 1.04. The third-order valence-corrected chi connectivity index (χ3v) is 7.14. The van der Waals surface area contributed by atoms with Crippen LogP contribution in [-0.2, 0) is 14.8 Å². The number of benzene rings is 3. The Kier molecular flexibility index (Phi) is 9.20. The van der Waals surface area contributed by atoms with Crippen LogP contribution in [0.2, 0.25) is 5.02 Å². The van der Waals surface area contributed by atoms with Gasteiger partial charge in [-0.2, -0.15) is 5.10 Å². The molecule has 12 heteroatoms. The van der Waals surface area contributed by atoms with Crippen LogP contribution in [0.1, 0.15) is 5.56 Å². The van der Waals surface area contributed by atoms with Crippen molar-refractivity contribution in [3.05, 3.63) is 71.2 Å². The van der Waals surface area contributed by atoms with Gasteiger partial charge < -0.3 is 18.9 Å². The van der Waals surface area contributed by atoms with Crippen LogP contribution in [0.15, 0.2) is 70.7 Å². The molecule has 0 bridgehead atoms. The fourth-order valence-corrected chi connectivity index (χ4v) is 4.94. The van der Waals surface area contributed by atoms with E-state index >= 15 is 0 Å². The van der Waals surface area contributed by atoms with Gasteiger partial charge in [0, 0.05) is 10.6 Å². The number of amides is 1. The first-order valence-electron chi connectivity index (χ1n) is 10.8. The first-order chi connectivity index (χ1) is 17.7. The lowest BCUT2D eigenvalue weighted by atomic mass is 10.2. The zero-order valence-electron chi connectivity index (χ0n) is 20.6. The SMILES string of the molecule is COc1ccc(S(=O)(=O)N(CC(=O)N/N=C\c2cc(OC)c(OC)c(OC)c2)c2cccc(Cl)c2)cc1. The van der Waals surface area contributed by atoms with E-state index in [0.29, 0.717) is 33.6 Å². The third kappa shape index (κ3) is 6.63. The van der Waals surface area contributed by atoms with Crippen molar-refractivity contribution >= 4 is 39.4 Å². The minimum Gasteiger partial charge on any atom is -0.497 e. The highest BCUT2D eigenvalue weighted by atomic mass is 35.5. The molecule has 1 amide bonds. The number of methoxy groups -OCH3 is 4. The molecular formula is C25H26ClN3O7S. The molecule has 3 aromatic carbocycles. The Morgan fingerprint density at radius 2 is 1.59 bits per heavy atom. The highest BCUT2D eigenvalue weighted by molar-refractivity contribution is 7.92. The molecule has 3 rings (SSSR count). The molecule has 0 spiro atoms. The van der Waals surface area contributed by atoms with E-state index in [1.165, 1.54) is 65.0 Å². The normalized spacial score (nSPS) is 11.2. The average molecular weight is 548 g/mol. The topological polar surface area (TPSA) is 116 Å². The fraction of sp³-hybridized carbons (Fsp3) is 0.200. The van der Waals surface area contributed by atoms with E-state index in [1.54, 1.807) is 30.3 Å². The number of nitrogens with one attached hydrogen (secondary N) is 1. The summed E-state index contributed by atoms with van der Waals surface area (Å²) in [5.41, 5.74) is 3.11. The molecular weight excluding hydrogens is 522 g/mol. The van der Waals surface area contributed by atoms with Gasteiger partial charge in [0.15, 0.2) is 11.5 Å². The number of nitrogens with zero attached hydrogens (tertiary/aromatic N) is 2. The Hall–Kier alpha value is -3.96. The molecule has 0 aromatic heterocycles. The van der Waals surface area contributed by atoms with Crippen molar-refractivity contribution in [1.82, 2.24) is 5.43 Å². The summed E-state index contributed by atoms with van der Waals surface area (Å²) >= 11 is 6.09. The van der Waals surface area contributed by atoms with Crippen LogP contribution in [0.5, 0.6) is 23.0 Å². The number of sulfonamides is 1. The molecule has 0 fully saturated rings. The summed E-state index contributed by atoms with van der Waals surface area (Å²) in [4.78, 5) is 12.7. The molecule has 0 heterocycles. The van der Waals surface area contributed by atoms with Crippen LogP contribution < -0.4 is 28.7 Å². The van der Waals surface area contributed by atoms with E-state index in [0.717, 1.165) is 4.31 Å². The Balaban J connectivity index is 1.85. The smallest absolute Gasteiger partial charge is 0.264 e. The van der Waals surface area contributed by atoms with Crippen LogP contribution in [-0.4, -0.2) is 55.5 Å². The maximum Gasteiger partial charge on any atom is 0.264 e. The lowest BCUT2D eigenvalue weighted by Gasteiger charge is -2.24. The van der Waals surface area contributed by atoms with Crippen LogP contribution in [0.4, 0.5) is 5.69 Å². The van der Waals surface area contributed by atoms with Gasteiger partial charge in [0.05, 0.1) is 45.2 Å². The molecule has 0 aliphatic rings. The monoisotopic (exact) mass is 547 g/mol. The van der Waals surface area contributed by atoms with Gasteiger partial charge in [0.1, 0.15) is 12.3 Å². The van der Waals surface area contributed by atoms with E-state index in [4.69, 9.17) is 30.5 Å². The van der Waals surface area contributed by atoms with Crippen LogP contribution >= 0.6 is 11.6 Å². The minimum absolute atomic E-state index is 0.0259. The molecule has 0 saturated carbocycles. The van der Waals surface area contributed by atoms with Crippen LogP contribution in [0.3, 0.4) is 0 Å². The van der Waals surface area contributed by atoms with Crippen LogP contribution in [0.25, 0.3) is 0 Å². The number of hydrogen-bond donors (Lipinski definition) is 1. The number of rotatable bonds is 11. The van der Waals surface area contributed by atoms with E-state index < -0.39 is 22.5 Å². The third-order valence-electron chi connectivity index (χ3n) is 5.12. The highest BCUT2D eigenvalue weighted by Crippen LogP contribution is 2.37. The molecule has 0 radical (unpaired) electrons. The number of hydrazone groups is 1. The summed E-state index contributed by atoms with van der Waals surface area (Å²) in [7, 11) is 1.79. The summed E-state index contributed by atoms with van der Waals surface area (Å²) < 4.78 is 48.9. The van der Waals surface area contributed by atoms with Gasteiger partial charge in [-0.25, -0.2) is 13.8 Å². The minimum atomic E-state index is -4.13. The Labute approximate surface area is 220 Å². The van der Waals surface area contributed by atoms with Crippen molar-refractivity contribution in [2.75, 3.05) is 39.3 Å². The second-order valence-electron chi connectivity index (χ2n) is 7.42. The first kappa shape index (κ1) is 27.6. The van der Waals surface area contributed by atoms with E-state index in [1.807, 2.05) is 0 Å². The number of anilines is 1. The van der Waals surface area contributed by atoms with Gasteiger partial charge in [-0.1, -0.05) is 17.7 Å². The molecule has 0 saturated heterocycles. The standard InChI is InChI=1S/C25H26ClN3O7S/c1-33-20-8-10-21(11-9-20)37(31,32)29(19-7-5-6-18(26)14-19)16-24(30)28-27-15-17-12-22(34-2)25(36-4)23(13-17)35-3/h5-15H,16H2,1-4H3,(H,28,30)/b27-15-. The molecule has 1 N–H and O–H groups in total. The summed E-state index contributed by atoms with van der Waals surface area (Å²) in [5, 5.41) is 4.26. The lowest BCUT2D eigenvalue weighted by molar-refractivity contribution is -0.119. The highest BCUT2D eigenvalue weighted by Gasteiger charge is 2.27. The Bertz CT molecular complexity index is 1350. The molecule has 196 valence electrons. The molecule has 0 unspecified atom stereocenters. The van der Waals surface area contributed by atoms with E-state index in [9.17, 15) is 13.2 Å². The Morgan fingerprint density at radius 1 is 0.946 bits per heavy atom. The number of carbonyl (C=O) groups is 1. The number of halogens is 1. The van der Waals surface area contributed by atoms with Gasteiger partial charge >= 0.3 is 0 Å². The summed E-state index contributed by atoms with van der Waals surface area (Å²) in [6.07, 6.45) is 1.37. The van der Waals surface area contributed by atoms with Crippen molar-refractivity contribution in [3.8, 4) is 23.0 Å². The van der Waals surface area contributed by atoms with Gasteiger partial charge in [-0.05, 0) is 54.6 Å². The quantitative estimate of drug-likeness (QED) is 0.287. The second kappa shape index (κ2) is 12.3. The van der Waals surface area contributed by atoms with Crippen molar-refractivity contribution in [2.24, 2.45) is 5.10 Å². The fourth-order valence-electron chi connectivity index (χ4n) is 3.34. The largest absolute Gasteiger partial charge is 0.497 e. The van der Waals surface area contributed by atoms with Crippen molar-refractivity contribution in [1.29, 1.82) is 0 Å². The molecule has 0 aliphatic carbocycles. The predicted molar refractivity (Wildman–Crippen MR) is 141 cm³/mol. The van der Waals surface area contributed by atoms with Crippen molar-refractivity contribution in [2.45, 2.75) is 4.90 Å². The number of hydrogen-bond acceptors (Lipinski definition) is 8. The molecule has 0 aliphatic heterocycles.